The molecule has 1 saturated heterocycles. The number of anilines is 3. The molecule has 0 unspecified atom stereocenters. The Kier molecular flexibility index (Phi) is 8.69. The molecule has 37 heavy (non-hydrogen) atoms. The smallest absolute Gasteiger partial charge is 0.321 e. The average molecular weight is 506 g/mol. The fraction of sp³-hybridized carbons (Fsp3) is 0.483. The predicted molar refractivity (Wildman–Crippen MR) is 148 cm³/mol. The van der Waals surface area contributed by atoms with Crippen LogP contribution >= 0.6 is 0 Å². The molecule has 0 spiro atoms. The highest BCUT2D eigenvalue weighted by Crippen LogP contribution is 2.30. The monoisotopic (exact) mass is 505 g/mol. The van der Waals surface area contributed by atoms with E-state index in [1.54, 1.807) is 9.80 Å². The zero-order valence-electron chi connectivity index (χ0n) is 22.3. The fourth-order valence-corrected chi connectivity index (χ4v) is 5.25. The number of nitrogens with zero attached hydrogens (tertiary/aromatic N) is 3. The normalized spacial score (nSPS) is 16.0. The summed E-state index contributed by atoms with van der Waals surface area (Å²) in [6.45, 7) is 9.50. The molecule has 4 rings (SSSR count). The van der Waals surface area contributed by atoms with Crippen LogP contribution in [0.25, 0.3) is 0 Å². The number of urea groups is 1. The first-order chi connectivity index (χ1) is 17.9. The van der Waals surface area contributed by atoms with E-state index in [1.165, 1.54) is 0 Å². The summed E-state index contributed by atoms with van der Waals surface area (Å²) in [6, 6.07) is 13.3. The first-order valence-corrected chi connectivity index (χ1v) is 13.5. The molecular formula is C29H39N5O3. The van der Waals surface area contributed by atoms with Crippen molar-refractivity contribution < 1.29 is 14.4 Å². The van der Waals surface area contributed by atoms with Gasteiger partial charge in [-0.3, -0.25) is 9.59 Å². The quantitative estimate of drug-likeness (QED) is 0.557. The van der Waals surface area contributed by atoms with E-state index in [9.17, 15) is 14.4 Å². The SMILES string of the molecule is CCN(CC)C(=O)c1cc(NC(=O)C2CCCC2)ccc1N1CCN(C(=O)Nc2cccc(C)c2)CC1. The number of benzene rings is 2. The standard InChI is InChI=1S/C29H39N5O3/c1-4-32(5-2)28(36)25-20-24(30-27(35)22-10-6-7-11-22)13-14-26(25)33-15-17-34(18-16-33)29(37)31-23-12-8-9-21(3)19-23/h8-9,12-14,19-20,22H,4-7,10-11,15-18H2,1-3H3,(H,30,35)(H,31,37). The van der Waals surface area contributed by atoms with E-state index in [4.69, 9.17) is 0 Å². The number of rotatable bonds is 7. The van der Waals surface area contributed by atoms with Gasteiger partial charge in [-0.1, -0.05) is 25.0 Å². The molecule has 2 aromatic rings. The van der Waals surface area contributed by atoms with Gasteiger partial charge in [0.25, 0.3) is 5.91 Å². The number of piperazine rings is 1. The Labute approximate surface area is 220 Å². The topological polar surface area (TPSA) is 85.0 Å². The Morgan fingerprint density at radius 3 is 2.22 bits per heavy atom. The summed E-state index contributed by atoms with van der Waals surface area (Å²) in [5, 5.41) is 6.03. The van der Waals surface area contributed by atoms with E-state index < -0.39 is 0 Å². The number of carbonyl (C=O) groups excluding carboxylic acids is 3. The number of amides is 4. The van der Waals surface area contributed by atoms with Crippen LogP contribution in [0, 0.1) is 12.8 Å². The molecule has 0 bridgehead atoms. The molecule has 0 radical (unpaired) electrons. The van der Waals surface area contributed by atoms with Crippen LogP contribution in [0.4, 0.5) is 21.9 Å². The van der Waals surface area contributed by atoms with Crippen LogP contribution < -0.4 is 15.5 Å². The molecule has 198 valence electrons. The summed E-state index contributed by atoms with van der Waals surface area (Å²) < 4.78 is 0. The van der Waals surface area contributed by atoms with Gasteiger partial charge in [0.2, 0.25) is 5.91 Å². The van der Waals surface area contributed by atoms with Gasteiger partial charge in [0.15, 0.2) is 0 Å². The molecular weight excluding hydrogens is 466 g/mol. The Hall–Kier alpha value is -3.55. The molecule has 1 aliphatic heterocycles. The molecule has 8 nitrogen and oxygen atoms in total. The maximum Gasteiger partial charge on any atom is 0.321 e. The third-order valence-corrected chi connectivity index (χ3v) is 7.45. The molecule has 2 aromatic carbocycles. The number of aryl methyl sites for hydroxylation is 1. The minimum atomic E-state index is -0.116. The van der Waals surface area contributed by atoms with Crippen LogP contribution in [0.1, 0.15) is 55.5 Å². The van der Waals surface area contributed by atoms with Crippen molar-refractivity contribution in [1.82, 2.24) is 9.80 Å². The summed E-state index contributed by atoms with van der Waals surface area (Å²) in [5.74, 6) is 0.0527. The Balaban J connectivity index is 1.48. The van der Waals surface area contributed by atoms with Crippen molar-refractivity contribution in [2.45, 2.75) is 46.5 Å². The summed E-state index contributed by atoms with van der Waals surface area (Å²) in [5.41, 5.74) is 3.97. The van der Waals surface area contributed by atoms with Crippen molar-refractivity contribution in [3.05, 3.63) is 53.6 Å². The van der Waals surface area contributed by atoms with E-state index in [1.807, 2.05) is 63.2 Å². The van der Waals surface area contributed by atoms with Gasteiger partial charge >= 0.3 is 6.03 Å². The van der Waals surface area contributed by atoms with Crippen molar-refractivity contribution in [2.75, 3.05) is 54.8 Å². The van der Waals surface area contributed by atoms with Crippen molar-refractivity contribution in [3.8, 4) is 0 Å². The van der Waals surface area contributed by atoms with Gasteiger partial charge in [0.05, 0.1) is 5.56 Å². The van der Waals surface area contributed by atoms with E-state index in [0.717, 1.165) is 42.6 Å². The third kappa shape index (κ3) is 6.42. The number of hydrogen-bond donors (Lipinski definition) is 2. The van der Waals surface area contributed by atoms with Crippen molar-refractivity contribution in [1.29, 1.82) is 0 Å². The van der Waals surface area contributed by atoms with Gasteiger partial charge in [-0.15, -0.1) is 0 Å². The molecule has 0 atom stereocenters. The van der Waals surface area contributed by atoms with Crippen LogP contribution in [0.15, 0.2) is 42.5 Å². The summed E-state index contributed by atoms with van der Waals surface area (Å²) in [6.07, 6.45) is 4.04. The highest BCUT2D eigenvalue weighted by Gasteiger charge is 2.27. The van der Waals surface area contributed by atoms with Crippen molar-refractivity contribution in [2.24, 2.45) is 5.92 Å². The lowest BCUT2D eigenvalue weighted by atomic mass is 10.1. The highest BCUT2D eigenvalue weighted by molar-refractivity contribution is 6.02. The van der Waals surface area contributed by atoms with Gasteiger partial charge in [0.1, 0.15) is 0 Å². The summed E-state index contributed by atoms with van der Waals surface area (Å²) in [7, 11) is 0. The largest absolute Gasteiger partial charge is 0.367 e. The van der Waals surface area contributed by atoms with E-state index in [0.29, 0.717) is 50.5 Å². The van der Waals surface area contributed by atoms with Crippen LogP contribution in [0.5, 0.6) is 0 Å². The molecule has 0 aromatic heterocycles. The van der Waals surface area contributed by atoms with Gasteiger partial charge < -0.3 is 25.3 Å². The zero-order chi connectivity index (χ0) is 26.4. The zero-order valence-corrected chi connectivity index (χ0v) is 22.3. The molecule has 8 heteroatoms. The maximum absolute atomic E-state index is 13.5. The Morgan fingerprint density at radius 2 is 1.57 bits per heavy atom. The second-order valence-electron chi connectivity index (χ2n) is 9.95. The molecule has 1 aliphatic carbocycles. The molecule has 2 aliphatic rings. The fourth-order valence-electron chi connectivity index (χ4n) is 5.25. The van der Waals surface area contributed by atoms with E-state index in [2.05, 4.69) is 15.5 Å². The van der Waals surface area contributed by atoms with Crippen LogP contribution in [0.3, 0.4) is 0 Å². The lowest BCUT2D eigenvalue weighted by molar-refractivity contribution is -0.119. The van der Waals surface area contributed by atoms with Gasteiger partial charge in [0, 0.05) is 62.2 Å². The lowest BCUT2D eigenvalue weighted by Crippen LogP contribution is -2.50. The van der Waals surface area contributed by atoms with E-state index in [-0.39, 0.29) is 23.8 Å². The first kappa shape index (κ1) is 26.5. The Bertz CT molecular complexity index is 1120. The third-order valence-electron chi connectivity index (χ3n) is 7.45. The minimum absolute atomic E-state index is 0.0414. The Morgan fingerprint density at radius 1 is 0.892 bits per heavy atom. The summed E-state index contributed by atoms with van der Waals surface area (Å²) in [4.78, 5) is 44.8. The summed E-state index contributed by atoms with van der Waals surface area (Å²) >= 11 is 0. The predicted octanol–water partition coefficient (Wildman–Crippen LogP) is 4.96. The lowest BCUT2D eigenvalue weighted by Gasteiger charge is -2.37. The van der Waals surface area contributed by atoms with Crippen LogP contribution in [0.2, 0.25) is 0 Å². The second kappa shape index (κ2) is 12.1. The van der Waals surface area contributed by atoms with Crippen molar-refractivity contribution >= 4 is 34.9 Å². The first-order valence-electron chi connectivity index (χ1n) is 13.5. The number of hydrogen-bond acceptors (Lipinski definition) is 4. The van der Waals surface area contributed by atoms with Gasteiger partial charge in [-0.25, -0.2) is 4.79 Å². The molecule has 2 N–H and O–H groups in total. The molecule has 1 heterocycles. The molecule has 1 saturated carbocycles. The van der Waals surface area contributed by atoms with Gasteiger partial charge in [-0.05, 0) is 69.5 Å². The number of nitrogens with one attached hydrogen (secondary N) is 2. The maximum atomic E-state index is 13.5. The van der Waals surface area contributed by atoms with Crippen molar-refractivity contribution in [3.63, 3.8) is 0 Å². The number of carbonyl (C=O) groups is 3. The van der Waals surface area contributed by atoms with Crippen LogP contribution in [-0.2, 0) is 4.79 Å². The van der Waals surface area contributed by atoms with E-state index >= 15 is 0 Å². The minimum Gasteiger partial charge on any atom is -0.367 e. The van der Waals surface area contributed by atoms with Gasteiger partial charge in [-0.2, -0.15) is 0 Å². The van der Waals surface area contributed by atoms with Crippen LogP contribution in [-0.4, -0.2) is 66.9 Å². The second-order valence-corrected chi connectivity index (χ2v) is 9.95. The average Bonchev–Trinajstić information content (AvgIpc) is 3.45. The molecule has 2 fully saturated rings. The highest BCUT2D eigenvalue weighted by atomic mass is 16.2. The molecule has 4 amide bonds.